The molecule has 0 fully saturated rings. The van der Waals surface area contributed by atoms with Crippen LogP contribution in [0, 0.1) is 6.92 Å². The first-order valence-corrected chi connectivity index (χ1v) is 11.1. The van der Waals surface area contributed by atoms with Gasteiger partial charge in [-0.05, 0) is 18.1 Å². The third kappa shape index (κ3) is 4.43. The van der Waals surface area contributed by atoms with Crippen LogP contribution in [-0.2, 0) is 16.0 Å². The lowest BCUT2D eigenvalue weighted by molar-refractivity contribution is 0.0559. The van der Waals surface area contributed by atoms with E-state index in [0.29, 0.717) is 28.9 Å². The fourth-order valence-electron chi connectivity index (χ4n) is 4.36. The molecule has 0 radical (unpaired) electrons. The van der Waals surface area contributed by atoms with Crippen molar-refractivity contribution in [3.05, 3.63) is 119 Å². The highest BCUT2D eigenvalue weighted by Crippen LogP contribution is 2.39. The molecule has 0 aliphatic heterocycles. The maximum Gasteiger partial charge on any atom is 0.340 e. The van der Waals surface area contributed by atoms with Crippen molar-refractivity contribution in [1.29, 1.82) is 0 Å². The number of hydrogen-bond acceptors (Lipinski definition) is 4. The Kier molecular flexibility index (Phi) is 7.04. The fourth-order valence-corrected chi connectivity index (χ4v) is 4.36. The van der Waals surface area contributed by atoms with Crippen molar-refractivity contribution in [2.24, 2.45) is 0 Å². The summed E-state index contributed by atoms with van der Waals surface area (Å²) in [5.41, 5.74) is 4.82. The molecule has 172 valence electrons. The number of ketones is 1. The molecule has 0 aliphatic carbocycles. The number of carbonyl (C=O) groups is 2. The van der Waals surface area contributed by atoms with Gasteiger partial charge in [-0.25, -0.2) is 4.79 Å². The predicted octanol–water partition coefficient (Wildman–Crippen LogP) is 5.87. The van der Waals surface area contributed by atoms with E-state index in [1.165, 1.54) is 14.2 Å². The highest BCUT2D eigenvalue weighted by molar-refractivity contribution is 6.04. The van der Waals surface area contributed by atoms with E-state index in [0.717, 1.165) is 16.8 Å². The van der Waals surface area contributed by atoms with E-state index in [2.05, 4.69) is 4.57 Å². The number of ether oxygens (including phenoxy) is 2. The fraction of sp³-hybridized carbons (Fsp3) is 0.172. The van der Waals surface area contributed by atoms with Gasteiger partial charge in [0.25, 0.3) is 0 Å². The Hall–Kier alpha value is -3.96. The Morgan fingerprint density at radius 2 is 1.38 bits per heavy atom. The van der Waals surface area contributed by atoms with Gasteiger partial charge in [0.1, 0.15) is 6.10 Å². The van der Waals surface area contributed by atoms with Crippen LogP contribution in [0.1, 0.15) is 43.6 Å². The summed E-state index contributed by atoms with van der Waals surface area (Å²) in [7, 11) is 2.84. The van der Waals surface area contributed by atoms with Crippen LogP contribution < -0.4 is 0 Å². The van der Waals surface area contributed by atoms with Gasteiger partial charge in [0.2, 0.25) is 0 Å². The van der Waals surface area contributed by atoms with E-state index in [9.17, 15) is 9.59 Å². The number of hydrogen-bond donors (Lipinski definition) is 0. The molecule has 0 bridgehead atoms. The third-order valence-electron chi connectivity index (χ3n) is 5.98. The maximum absolute atomic E-state index is 13.6. The summed E-state index contributed by atoms with van der Waals surface area (Å²) in [5, 5.41) is 0. The SMILES string of the molecule is COC(=O)c1c(C(OC)C(=O)c2ccccc2)c(-c2ccccc2)n(Cc2ccccc2)c1C. The first-order chi connectivity index (χ1) is 16.6. The third-order valence-corrected chi connectivity index (χ3v) is 5.98. The van der Waals surface area contributed by atoms with Crippen molar-refractivity contribution in [2.75, 3.05) is 14.2 Å². The van der Waals surface area contributed by atoms with Crippen molar-refractivity contribution < 1.29 is 19.1 Å². The van der Waals surface area contributed by atoms with Crippen LogP contribution in [0.3, 0.4) is 0 Å². The van der Waals surface area contributed by atoms with Crippen LogP contribution in [0.2, 0.25) is 0 Å². The molecule has 1 atom stereocenters. The predicted molar refractivity (Wildman–Crippen MR) is 132 cm³/mol. The first-order valence-electron chi connectivity index (χ1n) is 11.1. The highest BCUT2D eigenvalue weighted by atomic mass is 16.5. The summed E-state index contributed by atoms with van der Waals surface area (Å²) >= 11 is 0. The molecule has 0 N–H and O–H groups in total. The van der Waals surface area contributed by atoms with Gasteiger partial charge < -0.3 is 14.0 Å². The Balaban J connectivity index is 2.01. The van der Waals surface area contributed by atoms with E-state index < -0.39 is 12.1 Å². The molecule has 5 heteroatoms. The van der Waals surface area contributed by atoms with Crippen LogP contribution >= 0.6 is 0 Å². The van der Waals surface area contributed by atoms with Gasteiger partial charge in [0, 0.05) is 30.5 Å². The molecule has 0 saturated carbocycles. The van der Waals surface area contributed by atoms with Gasteiger partial charge in [-0.1, -0.05) is 91.0 Å². The second-order valence-electron chi connectivity index (χ2n) is 8.00. The van der Waals surface area contributed by atoms with E-state index in [1.807, 2.05) is 85.8 Å². The molecule has 0 aliphatic rings. The zero-order valence-corrected chi connectivity index (χ0v) is 19.5. The largest absolute Gasteiger partial charge is 0.465 e. The van der Waals surface area contributed by atoms with Crippen molar-refractivity contribution >= 4 is 11.8 Å². The molecular weight excluding hydrogens is 426 g/mol. The van der Waals surface area contributed by atoms with E-state index in [-0.39, 0.29) is 5.78 Å². The summed E-state index contributed by atoms with van der Waals surface area (Å²) in [5.74, 6) is -0.721. The molecule has 0 spiro atoms. The molecular formula is C29H27NO4. The summed E-state index contributed by atoms with van der Waals surface area (Å²) in [6, 6.07) is 28.7. The minimum Gasteiger partial charge on any atom is -0.465 e. The first kappa shape index (κ1) is 23.2. The summed E-state index contributed by atoms with van der Waals surface area (Å²) in [4.78, 5) is 26.7. The van der Waals surface area contributed by atoms with E-state index >= 15 is 0 Å². The van der Waals surface area contributed by atoms with Crippen molar-refractivity contribution in [2.45, 2.75) is 19.6 Å². The van der Waals surface area contributed by atoms with Gasteiger partial charge in [-0.15, -0.1) is 0 Å². The van der Waals surface area contributed by atoms with Gasteiger partial charge in [0.15, 0.2) is 5.78 Å². The molecule has 0 saturated heterocycles. The number of nitrogens with zero attached hydrogens (tertiary/aromatic N) is 1. The lowest BCUT2D eigenvalue weighted by Gasteiger charge is -2.19. The normalized spacial score (nSPS) is 11.7. The monoisotopic (exact) mass is 453 g/mol. The Labute approximate surface area is 199 Å². The number of carbonyl (C=O) groups excluding carboxylic acids is 2. The number of methoxy groups -OCH3 is 2. The second-order valence-corrected chi connectivity index (χ2v) is 8.00. The Morgan fingerprint density at radius 1 is 0.824 bits per heavy atom. The van der Waals surface area contributed by atoms with Crippen LogP contribution in [0.4, 0.5) is 0 Å². The smallest absolute Gasteiger partial charge is 0.340 e. The summed E-state index contributed by atoms with van der Waals surface area (Å²) in [6.07, 6.45) is -0.984. The minimum absolute atomic E-state index is 0.220. The number of rotatable bonds is 8. The lowest BCUT2D eigenvalue weighted by atomic mass is 9.93. The average molecular weight is 454 g/mol. The van der Waals surface area contributed by atoms with Gasteiger partial charge in [0.05, 0.1) is 18.4 Å². The number of benzene rings is 3. The van der Waals surface area contributed by atoms with E-state index in [4.69, 9.17) is 9.47 Å². The van der Waals surface area contributed by atoms with Crippen molar-refractivity contribution in [1.82, 2.24) is 4.57 Å². The van der Waals surface area contributed by atoms with Crippen LogP contribution in [0.25, 0.3) is 11.3 Å². The van der Waals surface area contributed by atoms with Crippen LogP contribution in [-0.4, -0.2) is 30.5 Å². The summed E-state index contributed by atoms with van der Waals surface area (Å²) < 4.78 is 13.0. The van der Waals surface area contributed by atoms with Crippen LogP contribution in [0.15, 0.2) is 91.0 Å². The molecule has 3 aromatic carbocycles. The molecule has 1 heterocycles. The minimum atomic E-state index is -0.984. The van der Waals surface area contributed by atoms with Crippen molar-refractivity contribution in [3.63, 3.8) is 0 Å². The molecule has 0 amide bonds. The zero-order valence-electron chi connectivity index (χ0n) is 19.5. The van der Waals surface area contributed by atoms with Gasteiger partial charge in [-0.2, -0.15) is 0 Å². The molecule has 1 aromatic heterocycles. The van der Waals surface area contributed by atoms with Gasteiger partial charge in [-0.3, -0.25) is 4.79 Å². The molecule has 4 aromatic rings. The number of Topliss-reactive ketones (excluding diaryl/α,β-unsaturated/α-hetero) is 1. The summed E-state index contributed by atoms with van der Waals surface area (Å²) in [6.45, 7) is 2.40. The molecule has 5 nitrogen and oxygen atoms in total. The topological polar surface area (TPSA) is 57.5 Å². The van der Waals surface area contributed by atoms with Crippen molar-refractivity contribution in [3.8, 4) is 11.3 Å². The lowest BCUT2D eigenvalue weighted by Crippen LogP contribution is -2.18. The Morgan fingerprint density at radius 3 is 1.94 bits per heavy atom. The highest BCUT2D eigenvalue weighted by Gasteiger charge is 2.35. The quantitative estimate of drug-likeness (QED) is 0.247. The standard InChI is InChI=1S/C29H27NO4/c1-20-24(29(32)34-3)25(28(33-2)27(31)23-17-11-6-12-18-23)26(22-15-9-5-10-16-22)30(20)19-21-13-7-4-8-14-21/h4-18,28H,19H2,1-3H3. The molecule has 4 rings (SSSR count). The number of aromatic nitrogens is 1. The molecule has 34 heavy (non-hydrogen) atoms. The van der Waals surface area contributed by atoms with Gasteiger partial charge >= 0.3 is 5.97 Å². The van der Waals surface area contributed by atoms with Crippen LogP contribution in [0.5, 0.6) is 0 Å². The average Bonchev–Trinajstić information content (AvgIpc) is 3.17. The maximum atomic E-state index is 13.6. The Bertz CT molecular complexity index is 1280. The van der Waals surface area contributed by atoms with E-state index in [1.54, 1.807) is 12.1 Å². The second kappa shape index (κ2) is 10.3. The number of esters is 1. The zero-order chi connectivity index (χ0) is 24.1. The molecule has 1 unspecified atom stereocenters.